The fourth-order valence-corrected chi connectivity index (χ4v) is 3.15. The van der Waals surface area contributed by atoms with Gasteiger partial charge in [0.25, 0.3) is 0 Å². The van der Waals surface area contributed by atoms with Crippen LogP contribution in [0.25, 0.3) is 0 Å². The summed E-state index contributed by atoms with van der Waals surface area (Å²) in [5, 5.41) is 0. The number of carbonyl (C=O) groups excluding carboxylic acids is 1. The fraction of sp³-hybridized carbons (Fsp3) is 0.500. The molecule has 0 bridgehead atoms. The number of benzene rings is 1. The molecule has 0 radical (unpaired) electrons. The van der Waals surface area contributed by atoms with Gasteiger partial charge in [-0.3, -0.25) is 4.79 Å². The Labute approximate surface area is 112 Å². The van der Waals surface area contributed by atoms with Crippen LogP contribution in [0.2, 0.25) is 0 Å². The number of halogens is 1. The summed E-state index contributed by atoms with van der Waals surface area (Å²) < 4.78 is 0. The van der Waals surface area contributed by atoms with Crippen molar-refractivity contribution in [3.8, 4) is 0 Å². The van der Waals surface area contributed by atoms with Gasteiger partial charge in [0.2, 0.25) is 5.91 Å². The Balaban J connectivity index is 2.02. The van der Waals surface area contributed by atoms with Crippen LogP contribution in [0, 0.1) is 0 Å². The molecule has 1 N–H and O–H groups in total. The van der Waals surface area contributed by atoms with Crippen LogP contribution in [-0.4, -0.2) is 19.0 Å². The van der Waals surface area contributed by atoms with Crippen LogP contribution in [0.4, 0.5) is 5.69 Å². The molecule has 2 unspecified atom stereocenters. The third kappa shape index (κ3) is 1.50. The summed E-state index contributed by atoms with van der Waals surface area (Å²) in [4.78, 5) is 16.7. The van der Waals surface area contributed by atoms with E-state index in [0.717, 1.165) is 17.7 Å². The lowest BCUT2D eigenvalue weighted by molar-refractivity contribution is -0.121. The monoisotopic (exact) mass is 264 g/mol. The summed E-state index contributed by atoms with van der Waals surface area (Å²) >= 11 is 5.65. The first-order valence-corrected chi connectivity index (χ1v) is 6.63. The van der Waals surface area contributed by atoms with E-state index in [0.29, 0.717) is 12.0 Å². The molecular weight excluding hydrogens is 248 g/mol. The van der Waals surface area contributed by atoms with Gasteiger partial charge in [-0.25, -0.2) is 4.84 Å². The molecule has 2 atom stereocenters. The van der Waals surface area contributed by atoms with Gasteiger partial charge in [-0.2, -0.15) is 0 Å². The van der Waals surface area contributed by atoms with Crippen LogP contribution in [-0.2, 0) is 10.2 Å². The van der Waals surface area contributed by atoms with Crippen molar-refractivity contribution in [1.82, 2.24) is 4.84 Å². The lowest BCUT2D eigenvalue weighted by atomic mass is 9.85. The molecule has 3 nitrogen and oxygen atoms in total. The maximum Gasteiger partial charge on any atom is 0.236 e. The van der Waals surface area contributed by atoms with Gasteiger partial charge in [-0.05, 0) is 49.2 Å². The zero-order chi connectivity index (χ0) is 13.1. The van der Waals surface area contributed by atoms with Crippen molar-refractivity contribution in [3.05, 3.63) is 29.3 Å². The van der Waals surface area contributed by atoms with E-state index in [1.54, 1.807) is 4.90 Å². The summed E-state index contributed by atoms with van der Waals surface area (Å²) in [5.74, 6) is 0.655. The lowest BCUT2D eigenvalue weighted by Gasteiger charge is -2.16. The summed E-state index contributed by atoms with van der Waals surface area (Å²) in [7, 11) is 1.84. The van der Waals surface area contributed by atoms with Gasteiger partial charge in [0, 0.05) is 24.7 Å². The maximum absolute atomic E-state index is 12.2. The van der Waals surface area contributed by atoms with E-state index in [1.807, 2.05) is 20.9 Å². The number of carbonyl (C=O) groups is 1. The first kappa shape index (κ1) is 12.0. The number of fused-ring (bicyclic) bond motifs is 1. The molecule has 1 heterocycles. The van der Waals surface area contributed by atoms with E-state index in [1.165, 1.54) is 5.56 Å². The summed E-state index contributed by atoms with van der Waals surface area (Å²) in [5.41, 5.74) is 3.03. The van der Waals surface area contributed by atoms with E-state index in [2.05, 4.69) is 23.0 Å². The predicted octanol–water partition coefficient (Wildman–Crippen LogP) is 2.54. The topological polar surface area (TPSA) is 32.3 Å². The van der Waals surface area contributed by atoms with Crippen LogP contribution in [0.5, 0.6) is 0 Å². The Morgan fingerprint density at radius 1 is 1.44 bits per heavy atom. The summed E-state index contributed by atoms with van der Waals surface area (Å²) in [6.07, 6.45) is 1.08. The van der Waals surface area contributed by atoms with Gasteiger partial charge >= 0.3 is 0 Å². The second kappa shape index (κ2) is 3.72. The molecule has 18 heavy (non-hydrogen) atoms. The highest BCUT2D eigenvalue weighted by Gasteiger charge is 2.44. The molecule has 1 aliphatic heterocycles. The van der Waals surface area contributed by atoms with E-state index in [9.17, 15) is 4.79 Å². The highest BCUT2D eigenvalue weighted by molar-refractivity contribution is 6.13. The molecule has 4 heteroatoms. The van der Waals surface area contributed by atoms with Crippen molar-refractivity contribution in [1.29, 1.82) is 0 Å². The summed E-state index contributed by atoms with van der Waals surface area (Å²) in [6.45, 7) is 3.98. The normalized spacial score (nSPS) is 28.4. The Morgan fingerprint density at radius 3 is 2.78 bits per heavy atom. The number of hydrogen-bond acceptors (Lipinski definition) is 2. The minimum absolute atomic E-state index is 0.164. The zero-order valence-electron chi connectivity index (χ0n) is 10.8. The van der Waals surface area contributed by atoms with Crippen LogP contribution >= 0.6 is 11.8 Å². The van der Waals surface area contributed by atoms with Gasteiger partial charge < -0.3 is 4.90 Å². The molecule has 0 spiro atoms. The van der Waals surface area contributed by atoms with E-state index < -0.39 is 5.41 Å². The average Bonchev–Trinajstić information content (AvgIpc) is 3.12. The minimum Gasteiger partial charge on any atom is -0.314 e. The van der Waals surface area contributed by atoms with Gasteiger partial charge in [-0.15, -0.1) is 0 Å². The maximum atomic E-state index is 12.2. The molecule has 1 aromatic carbocycles. The van der Waals surface area contributed by atoms with Crippen molar-refractivity contribution in [2.24, 2.45) is 0 Å². The van der Waals surface area contributed by atoms with Gasteiger partial charge in [0.15, 0.2) is 0 Å². The van der Waals surface area contributed by atoms with Gasteiger partial charge in [-0.1, -0.05) is 12.1 Å². The molecule has 0 aromatic heterocycles. The van der Waals surface area contributed by atoms with E-state index in [4.69, 9.17) is 11.8 Å². The molecule has 96 valence electrons. The summed E-state index contributed by atoms with van der Waals surface area (Å²) in [6, 6.07) is 6.72. The standard InChI is InChI=1S/C14H17ClN2O/c1-14(2)10-6-8(9-7-11(9)16-15)4-5-12(10)17(3)13(14)18/h4-6,9,11,16H,7H2,1-3H3. The Hall–Kier alpha value is -1.06. The smallest absolute Gasteiger partial charge is 0.236 e. The molecular formula is C14H17ClN2O. The highest BCUT2D eigenvalue weighted by Crippen LogP contribution is 2.46. The number of nitrogens with zero attached hydrogens (tertiary/aromatic N) is 1. The number of likely N-dealkylation sites (N-methyl/N-ethyl adjacent to an activating group) is 1. The Bertz CT molecular complexity index is 527. The number of anilines is 1. The van der Waals surface area contributed by atoms with Crippen LogP contribution in [0.1, 0.15) is 37.3 Å². The van der Waals surface area contributed by atoms with E-state index in [-0.39, 0.29) is 5.91 Å². The van der Waals surface area contributed by atoms with Crippen molar-refractivity contribution >= 4 is 23.4 Å². The number of rotatable bonds is 2. The third-order valence-electron chi connectivity index (χ3n) is 4.25. The fourth-order valence-electron chi connectivity index (χ4n) is 2.91. The highest BCUT2D eigenvalue weighted by atomic mass is 35.5. The first-order chi connectivity index (χ1) is 8.46. The van der Waals surface area contributed by atoms with Crippen molar-refractivity contribution in [2.75, 3.05) is 11.9 Å². The Morgan fingerprint density at radius 2 is 2.17 bits per heavy atom. The first-order valence-electron chi connectivity index (χ1n) is 6.25. The second-order valence-corrected chi connectivity index (χ2v) is 6.04. The van der Waals surface area contributed by atoms with Gasteiger partial charge in [0.05, 0.1) is 5.41 Å². The SMILES string of the molecule is CN1C(=O)C(C)(C)c2cc(C3CC3NCl)ccc21. The number of hydrogen-bond donors (Lipinski definition) is 1. The van der Waals surface area contributed by atoms with Crippen LogP contribution in [0.15, 0.2) is 18.2 Å². The second-order valence-electron chi connectivity index (χ2n) is 5.82. The minimum atomic E-state index is -0.418. The molecule has 1 saturated carbocycles. The number of nitrogens with one attached hydrogen (secondary N) is 1. The quantitative estimate of drug-likeness (QED) is 0.833. The third-order valence-corrected chi connectivity index (χ3v) is 4.53. The van der Waals surface area contributed by atoms with Crippen molar-refractivity contribution in [3.63, 3.8) is 0 Å². The predicted molar refractivity (Wildman–Crippen MR) is 73.0 cm³/mol. The number of amides is 1. The molecule has 1 fully saturated rings. The average molecular weight is 265 g/mol. The van der Waals surface area contributed by atoms with Crippen molar-refractivity contribution in [2.45, 2.75) is 37.6 Å². The van der Waals surface area contributed by atoms with Crippen molar-refractivity contribution < 1.29 is 4.79 Å². The lowest BCUT2D eigenvalue weighted by Crippen LogP contribution is -2.33. The molecule has 0 saturated heterocycles. The molecule has 1 aliphatic carbocycles. The molecule has 1 aromatic rings. The van der Waals surface area contributed by atoms with Crippen LogP contribution < -0.4 is 9.74 Å². The Kier molecular flexibility index (Phi) is 2.48. The molecule has 3 rings (SSSR count). The van der Waals surface area contributed by atoms with E-state index >= 15 is 0 Å². The van der Waals surface area contributed by atoms with Gasteiger partial charge in [0.1, 0.15) is 0 Å². The molecule has 1 amide bonds. The van der Waals surface area contributed by atoms with Crippen LogP contribution in [0.3, 0.4) is 0 Å². The zero-order valence-corrected chi connectivity index (χ0v) is 11.6. The molecule has 2 aliphatic rings. The largest absolute Gasteiger partial charge is 0.314 e.